The molecule has 0 bridgehead atoms. The Morgan fingerprint density at radius 3 is 2.54 bits per heavy atom. The highest BCUT2D eigenvalue weighted by atomic mass is 19.1. The number of phenols is 1. The molecule has 4 nitrogen and oxygen atoms in total. The number of fused-ring (bicyclic) bond motifs is 3. The third-order valence-corrected chi connectivity index (χ3v) is 4.39. The van der Waals surface area contributed by atoms with E-state index in [1.54, 1.807) is 24.3 Å². The van der Waals surface area contributed by atoms with Crippen LogP contribution in [0.25, 0.3) is 21.8 Å². The summed E-state index contributed by atoms with van der Waals surface area (Å²) in [5.41, 5.74) is 3.33. The van der Waals surface area contributed by atoms with Crippen LogP contribution < -0.4 is 5.32 Å². The van der Waals surface area contributed by atoms with Crippen molar-refractivity contribution in [2.24, 2.45) is 0 Å². The molecule has 0 aliphatic carbocycles. The predicted molar refractivity (Wildman–Crippen MR) is 99.4 cm³/mol. The van der Waals surface area contributed by atoms with E-state index in [1.807, 2.05) is 24.3 Å². The lowest BCUT2D eigenvalue weighted by Gasteiger charge is -2.06. The number of amides is 1. The van der Waals surface area contributed by atoms with Crippen molar-refractivity contribution in [3.8, 4) is 5.75 Å². The first-order valence-corrected chi connectivity index (χ1v) is 8.33. The Kier molecular flexibility index (Phi) is 4.05. The van der Waals surface area contributed by atoms with Gasteiger partial charge < -0.3 is 15.4 Å². The zero-order valence-corrected chi connectivity index (χ0v) is 13.9. The molecule has 4 rings (SSSR count). The fourth-order valence-corrected chi connectivity index (χ4v) is 3.15. The van der Waals surface area contributed by atoms with Gasteiger partial charge in [0.15, 0.2) is 0 Å². The van der Waals surface area contributed by atoms with Gasteiger partial charge in [-0.25, -0.2) is 4.39 Å². The molecule has 1 aromatic heterocycles. The van der Waals surface area contributed by atoms with Gasteiger partial charge in [-0.2, -0.15) is 0 Å². The Morgan fingerprint density at radius 1 is 0.962 bits per heavy atom. The maximum atomic E-state index is 13.4. The van der Waals surface area contributed by atoms with Crippen LogP contribution in [0.15, 0.2) is 60.7 Å². The van der Waals surface area contributed by atoms with E-state index in [0.29, 0.717) is 6.54 Å². The molecule has 26 heavy (non-hydrogen) atoms. The van der Waals surface area contributed by atoms with Crippen molar-refractivity contribution < 1.29 is 14.3 Å². The van der Waals surface area contributed by atoms with Gasteiger partial charge in [-0.1, -0.05) is 24.3 Å². The third kappa shape index (κ3) is 3.24. The van der Waals surface area contributed by atoms with Crippen LogP contribution in [0.2, 0.25) is 0 Å². The third-order valence-electron chi connectivity index (χ3n) is 4.39. The van der Waals surface area contributed by atoms with Gasteiger partial charge in [0.05, 0.1) is 6.42 Å². The van der Waals surface area contributed by atoms with Crippen molar-refractivity contribution in [1.29, 1.82) is 0 Å². The fourth-order valence-electron chi connectivity index (χ4n) is 3.15. The summed E-state index contributed by atoms with van der Waals surface area (Å²) in [5.74, 6) is -0.206. The van der Waals surface area contributed by atoms with E-state index in [-0.39, 0.29) is 23.9 Å². The van der Waals surface area contributed by atoms with Gasteiger partial charge in [0, 0.05) is 28.4 Å². The molecule has 1 heterocycles. The van der Waals surface area contributed by atoms with Crippen molar-refractivity contribution in [3.05, 3.63) is 77.6 Å². The summed E-state index contributed by atoms with van der Waals surface area (Å²) >= 11 is 0. The molecule has 5 heteroatoms. The SMILES string of the molecule is O=C(Cc1ccc2c(c1)[nH]c1cc(F)ccc12)NCc1cccc(O)c1. The van der Waals surface area contributed by atoms with Crippen LogP contribution in [0, 0.1) is 5.82 Å². The maximum absolute atomic E-state index is 13.4. The molecule has 0 spiro atoms. The van der Waals surface area contributed by atoms with Gasteiger partial charge in [-0.05, 0) is 47.5 Å². The predicted octanol–water partition coefficient (Wildman–Crippen LogP) is 4.02. The number of aromatic amines is 1. The number of carbonyl (C=O) groups is 1. The molecule has 0 fully saturated rings. The summed E-state index contributed by atoms with van der Waals surface area (Å²) in [6.45, 7) is 0.362. The van der Waals surface area contributed by atoms with Gasteiger partial charge in [0.25, 0.3) is 0 Å². The minimum Gasteiger partial charge on any atom is -0.508 e. The summed E-state index contributed by atoms with van der Waals surface area (Å²) in [7, 11) is 0. The molecule has 0 aliphatic heterocycles. The van der Waals surface area contributed by atoms with E-state index in [1.165, 1.54) is 12.1 Å². The average molecular weight is 348 g/mol. The number of halogens is 1. The number of carbonyl (C=O) groups excluding carboxylic acids is 1. The van der Waals surface area contributed by atoms with E-state index in [9.17, 15) is 14.3 Å². The lowest BCUT2D eigenvalue weighted by molar-refractivity contribution is -0.120. The molecule has 130 valence electrons. The van der Waals surface area contributed by atoms with Crippen LogP contribution >= 0.6 is 0 Å². The van der Waals surface area contributed by atoms with Crippen LogP contribution in [0.5, 0.6) is 5.75 Å². The summed E-state index contributed by atoms with van der Waals surface area (Å²) in [6.07, 6.45) is 0.248. The first-order valence-electron chi connectivity index (χ1n) is 8.33. The quantitative estimate of drug-likeness (QED) is 0.521. The molecule has 0 radical (unpaired) electrons. The van der Waals surface area contributed by atoms with Gasteiger partial charge >= 0.3 is 0 Å². The van der Waals surface area contributed by atoms with E-state index in [2.05, 4.69) is 10.3 Å². The molecule has 0 saturated carbocycles. The zero-order valence-electron chi connectivity index (χ0n) is 13.9. The van der Waals surface area contributed by atoms with E-state index in [0.717, 1.165) is 32.9 Å². The Hall–Kier alpha value is -3.34. The molecule has 3 aromatic carbocycles. The summed E-state index contributed by atoms with van der Waals surface area (Å²) in [5, 5.41) is 14.3. The minimum absolute atomic E-state index is 0.102. The van der Waals surface area contributed by atoms with Crippen molar-refractivity contribution in [3.63, 3.8) is 0 Å². The summed E-state index contributed by atoms with van der Waals surface area (Å²) in [6, 6.07) is 17.2. The van der Waals surface area contributed by atoms with Crippen LogP contribution in [-0.4, -0.2) is 16.0 Å². The second kappa shape index (κ2) is 6.52. The number of benzene rings is 3. The standard InChI is InChI=1S/C21H17FN2O2/c22-15-5-7-18-17-6-4-13(9-19(17)24-20(18)11-15)10-21(26)23-12-14-2-1-3-16(25)8-14/h1-9,11,24-25H,10,12H2,(H,23,26). The number of H-pyrrole nitrogens is 1. The van der Waals surface area contributed by atoms with Crippen LogP contribution in [0.1, 0.15) is 11.1 Å². The van der Waals surface area contributed by atoms with Crippen molar-refractivity contribution in [2.75, 3.05) is 0 Å². The number of aromatic hydroxyl groups is 1. The Balaban J connectivity index is 1.49. The van der Waals surface area contributed by atoms with E-state index < -0.39 is 0 Å². The van der Waals surface area contributed by atoms with Gasteiger partial charge in [-0.3, -0.25) is 4.79 Å². The van der Waals surface area contributed by atoms with Gasteiger partial charge in [0.1, 0.15) is 11.6 Å². The number of hydrogen-bond donors (Lipinski definition) is 3. The normalized spacial score (nSPS) is 11.1. The summed E-state index contributed by atoms with van der Waals surface area (Å²) < 4.78 is 13.4. The second-order valence-electron chi connectivity index (χ2n) is 6.32. The zero-order chi connectivity index (χ0) is 18.1. The highest BCUT2D eigenvalue weighted by molar-refractivity contribution is 6.07. The van der Waals surface area contributed by atoms with Crippen LogP contribution in [0.4, 0.5) is 4.39 Å². The van der Waals surface area contributed by atoms with E-state index in [4.69, 9.17) is 0 Å². The molecule has 4 aromatic rings. The topological polar surface area (TPSA) is 65.1 Å². The second-order valence-corrected chi connectivity index (χ2v) is 6.32. The highest BCUT2D eigenvalue weighted by Gasteiger charge is 2.08. The van der Waals surface area contributed by atoms with Gasteiger partial charge in [-0.15, -0.1) is 0 Å². The Bertz CT molecular complexity index is 1120. The maximum Gasteiger partial charge on any atom is 0.224 e. The minimum atomic E-state index is -0.282. The van der Waals surface area contributed by atoms with Crippen LogP contribution in [-0.2, 0) is 17.8 Å². The molecular formula is C21H17FN2O2. The molecule has 0 atom stereocenters. The van der Waals surface area contributed by atoms with Gasteiger partial charge in [0.2, 0.25) is 5.91 Å². The number of aromatic nitrogens is 1. The molecule has 0 unspecified atom stereocenters. The van der Waals surface area contributed by atoms with Crippen molar-refractivity contribution in [1.82, 2.24) is 10.3 Å². The highest BCUT2D eigenvalue weighted by Crippen LogP contribution is 2.26. The molecular weight excluding hydrogens is 331 g/mol. The van der Waals surface area contributed by atoms with Crippen molar-refractivity contribution in [2.45, 2.75) is 13.0 Å². The first-order chi connectivity index (χ1) is 12.6. The lowest BCUT2D eigenvalue weighted by atomic mass is 10.1. The first kappa shape index (κ1) is 16.1. The van der Waals surface area contributed by atoms with Crippen molar-refractivity contribution >= 4 is 27.7 Å². The fraction of sp³-hybridized carbons (Fsp3) is 0.0952. The average Bonchev–Trinajstić information content (AvgIpc) is 2.96. The molecule has 3 N–H and O–H groups in total. The largest absolute Gasteiger partial charge is 0.508 e. The molecule has 0 saturated heterocycles. The van der Waals surface area contributed by atoms with Crippen LogP contribution in [0.3, 0.4) is 0 Å². The number of hydrogen-bond acceptors (Lipinski definition) is 2. The molecule has 1 amide bonds. The lowest BCUT2D eigenvalue weighted by Crippen LogP contribution is -2.24. The number of rotatable bonds is 4. The smallest absolute Gasteiger partial charge is 0.224 e. The Labute approximate surface area is 149 Å². The van der Waals surface area contributed by atoms with E-state index >= 15 is 0 Å². The number of nitrogens with one attached hydrogen (secondary N) is 2. The monoisotopic (exact) mass is 348 g/mol. The Morgan fingerprint density at radius 2 is 1.73 bits per heavy atom. The number of phenolic OH excluding ortho intramolecular Hbond substituents is 1. The summed E-state index contributed by atoms with van der Waals surface area (Å²) in [4.78, 5) is 15.4. The molecule has 0 aliphatic rings.